The number of rotatable bonds is 5. The Morgan fingerprint density at radius 2 is 1.92 bits per heavy atom. The first-order valence-electron chi connectivity index (χ1n) is 8.12. The molecule has 5 heteroatoms. The van der Waals surface area contributed by atoms with Gasteiger partial charge in [0.05, 0.1) is 27.7 Å². The van der Waals surface area contributed by atoms with Crippen molar-refractivity contribution in [3.8, 4) is 0 Å². The van der Waals surface area contributed by atoms with E-state index in [1.165, 1.54) is 0 Å². The smallest absolute Gasteiger partial charge is 0.253 e. The van der Waals surface area contributed by atoms with Gasteiger partial charge in [-0.3, -0.25) is 4.79 Å². The van der Waals surface area contributed by atoms with Gasteiger partial charge in [-0.05, 0) is 38.1 Å². The van der Waals surface area contributed by atoms with Crippen LogP contribution in [0.1, 0.15) is 36.1 Å². The summed E-state index contributed by atoms with van der Waals surface area (Å²) in [5.41, 5.74) is 3.41. The molecule has 0 fully saturated rings. The van der Waals surface area contributed by atoms with E-state index in [0.29, 0.717) is 17.1 Å². The highest BCUT2D eigenvalue weighted by Gasteiger charge is 2.20. The first-order chi connectivity index (χ1) is 12.0. The molecule has 0 spiro atoms. The van der Waals surface area contributed by atoms with Crippen LogP contribution in [0.5, 0.6) is 0 Å². The molecule has 1 amide bonds. The fraction of sp³-hybridized carbons (Fsp3) is 0.200. The molecule has 1 heterocycles. The number of benzene rings is 2. The van der Waals surface area contributed by atoms with Crippen molar-refractivity contribution in [2.24, 2.45) is 0 Å². The summed E-state index contributed by atoms with van der Waals surface area (Å²) < 4.78 is 2.09. The van der Waals surface area contributed by atoms with Crippen LogP contribution in [0, 0.1) is 0 Å². The molecule has 25 heavy (non-hydrogen) atoms. The van der Waals surface area contributed by atoms with Crippen molar-refractivity contribution >= 4 is 28.5 Å². The monoisotopic (exact) mass is 353 g/mol. The van der Waals surface area contributed by atoms with Gasteiger partial charge in [-0.2, -0.15) is 0 Å². The number of imidazole rings is 1. The van der Waals surface area contributed by atoms with Crippen LogP contribution in [0.2, 0.25) is 5.02 Å². The Bertz CT molecular complexity index is 945. The van der Waals surface area contributed by atoms with Gasteiger partial charge in [0.1, 0.15) is 5.82 Å². The van der Waals surface area contributed by atoms with E-state index < -0.39 is 0 Å². The number of nitrogens with zero attached hydrogens (tertiary/aromatic N) is 2. The molecule has 1 unspecified atom stereocenters. The Hall–Kier alpha value is -2.59. The molecular formula is C20H20ClN3O. The number of amides is 1. The highest BCUT2D eigenvalue weighted by Crippen LogP contribution is 2.23. The summed E-state index contributed by atoms with van der Waals surface area (Å²) in [6.45, 7) is 8.56. The van der Waals surface area contributed by atoms with Crippen LogP contribution in [-0.4, -0.2) is 15.5 Å². The number of aromatic nitrogens is 2. The quantitative estimate of drug-likeness (QED) is 0.672. The van der Waals surface area contributed by atoms with Crippen LogP contribution in [0.3, 0.4) is 0 Å². The minimum absolute atomic E-state index is 0.216. The maximum Gasteiger partial charge on any atom is 0.253 e. The van der Waals surface area contributed by atoms with Gasteiger partial charge < -0.3 is 9.88 Å². The van der Waals surface area contributed by atoms with Crippen molar-refractivity contribution in [3.63, 3.8) is 0 Å². The maximum absolute atomic E-state index is 12.5. The number of hydrogen-bond donors (Lipinski definition) is 1. The molecule has 1 N–H and O–H groups in total. The van der Waals surface area contributed by atoms with Gasteiger partial charge in [-0.1, -0.05) is 48.0 Å². The Balaban J connectivity index is 1.94. The van der Waals surface area contributed by atoms with Crippen LogP contribution in [0.4, 0.5) is 0 Å². The molecule has 0 radical (unpaired) electrons. The van der Waals surface area contributed by atoms with Gasteiger partial charge in [0.15, 0.2) is 0 Å². The van der Waals surface area contributed by atoms with Crippen LogP contribution >= 0.6 is 11.6 Å². The minimum atomic E-state index is -0.268. The third kappa shape index (κ3) is 3.59. The molecule has 0 aliphatic carbocycles. The first-order valence-corrected chi connectivity index (χ1v) is 8.50. The zero-order chi connectivity index (χ0) is 18.0. The van der Waals surface area contributed by atoms with Gasteiger partial charge in [0, 0.05) is 6.54 Å². The Kier molecular flexibility index (Phi) is 4.91. The summed E-state index contributed by atoms with van der Waals surface area (Å²) >= 11 is 6.12. The zero-order valence-electron chi connectivity index (χ0n) is 14.3. The number of nitrogens with one attached hydrogen (secondary N) is 1. The number of halogens is 1. The summed E-state index contributed by atoms with van der Waals surface area (Å²) in [5, 5.41) is 3.42. The molecule has 0 aliphatic heterocycles. The lowest BCUT2D eigenvalue weighted by molar-refractivity contribution is 0.0938. The number of fused-ring (bicyclic) bond motifs is 1. The van der Waals surface area contributed by atoms with Crippen molar-refractivity contribution < 1.29 is 4.79 Å². The Labute approximate surface area is 152 Å². The number of carbonyl (C=O) groups excluding carboxylic acids is 1. The SMILES string of the molecule is C=C(C)Cn1c(C(C)NC(=O)c2ccccc2Cl)nc2ccccc21. The Morgan fingerprint density at radius 3 is 2.64 bits per heavy atom. The summed E-state index contributed by atoms with van der Waals surface area (Å²) in [5.74, 6) is 0.580. The van der Waals surface area contributed by atoms with Crippen molar-refractivity contribution in [1.29, 1.82) is 0 Å². The van der Waals surface area contributed by atoms with E-state index in [-0.39, 0.29) is 11.9 Å². The number of carbonyl (C=O) groups is 1. The van der Waals surface area contributed by atoms with Gasteiger partial charge in [-0.25, -0.2) is 4.98 Å². The molecule has 2 aromatic carbocycles. The number of hydrogen-bond acceptors (Lipinski definition) is 2. The topological polar surface area (TPSA) is 46.9 Å². The predicted octanol–water partition coefficient (Wildman–Crippen LogP) is 4.76. The van der Waals surface area contributed by atoms with Crippen molar-refractivity contribution in [2.45, 2.75) is 26.4 Å². The second-order valence-electron chi connectivity index (χ2n) is 6.18. The summed E-state index contributed by atoms with van der Waals surface area (Å²) in [6, 6.07) is 14.7. The maximum atomic E-state index is 12.5. The lowest BCUT2D eigenvalue weighted by Crippen LogP contribution is -2.29. The molecule has 0 aliphatic rings. The zero-order valence-corrected chi connectivity index (χ0v) is 15.0. The standard InChI is InChI=1S/C20H20ClN3O/c1-13(2)12-24-18-11-7-6-10-17(18)23-19(24)14(3)22-20(25)15-8-4-5-9-16(15)21/h4-11,14H,1,12H2,2-3H3,(H,22,25). The fourth-order valence-corrected chi connectivity index (χ4v) is 3.07. The van der Waals surface area contributed by atoms with Crippen molar-refractivity contribution in [1.82, 2.24) is 14.9 Å². The van der Waals surface area contributed by atoms with Gasteiger partial charge in [0.2, 0.25) is 0 Å². The highest BCUT2D eigenvalue weighted by molar-refractivity contribution is 6.33. The third-order valence-electron chi connectivity index (χ3n) is 3.97. The van der Waals surface area contributed by atoms with Gasteiger partial charge >= 0.3 is 0 Å². The largest absolute Gasteiger partial charge is 0.342 e. The first kappa shape index (κ1) is 17.2. The van der Waals surface area contributed by atoms with E-state index in [2.05, 4.69) is 16.5 Å². The molecule has 1 atom stereocenters. The van der Waals surface area contributed by atoms with Crippen molar-refractivity contribution in [2.75, 3.05) is 0 Å². The van der Waals surface area contributed by atoms with Gasteiger partial charge in [0.25, 0.3) is 5.91 Å². The highest BCUT2D eigenvalue weighted by atomic mass is 35.5. The van der Waals surface area contributed by atoms with E-state index >= 15 is 0 Å². The average Bonchev–Trinajstić information content (AvgIpc) is 2.93. The molecule has 3 aromatic rings. The summed E-state index contributed by atoms with van der Waals surface area (Å²) in [7, 11) is 0. The molecule has 0 saturated carbocycles. The van der Waals surface area contributed by atoms with E-state index in [0.717, 1.165) is 22.4 Å². The van der Waals surface area contributed by atoms with Crippen LogP contribution < -0.4 is 5.32 Å². The van der Waals surface area contributed by atoms with Crippen LogP contribution in [0.25, 0.3) is 11.0 Å². The predicted molar refractivity (Wildman–Crippen MR) is 102 cm³/mol. The van der Waals surface area contributed by atoms with E-state index in [1.54, 1.807) is 24.3 Å². The molecule has 4 nitrogen and oxygen atoms in total. The van der Waals surface area contributed by atoms with Gasteiger partial charge in [-0.15, -0.1) is 0 Å². The molecule has 3 rings (SSSR count). The molecule has 0 saturated heterocycles. The summed E-state index contributed by atoms with van der Waals surface area (Å²) in [6.07, 6.45) is 0. The lowest BCUT2D eigenvalue weighted by Gasteiger charge is -2.17. The van der Waals surface area contributed by atoms with E-state index in [4.69, 9.17) is 16.6 Å². The minimum Gasteiger partial charge on any atom is -0.342 e. The van der Waals surface area contributed by atoms with E-state index in [1.807, 2.05) is 38.1 Å². The lowest BCUT2D eigenvalue weighted by atomic mass is 10.2. The molecule has 0 bridgehead atoms. The molecular weight excluding hydrogens is 334 g/mol. The summed E-state index contributed by atoms with van der Waals surface area (Å²) in [4.78, 5) is 17.3. The molecule has 128 valence electrons. The van der Waals surface area contributed by atoms with Crippen molar-refractivity contribution in [3.05, 3.63) is 77.1 Å². The second kappa shape index (κ2) is 7.11. The second-order valence-corrected chi connectivity index (χ2v) is 6.58. The third-order valence-corrected chi connectivity index (χ3v) is 4.30. The average molecular weight is 354 g/mol. The van der Waals surface area contributed by atoms with E-state index in [9.17, 15) is 4.79 Å². The van der Waals surface area contributed by atoms with Crippen LogP contribution in [-0.2, 0) is 6.54 Å². The Morgan fingerprint density at radius 1 is 1.24 bits per heavy atom. The normalized spacial score (nSPS) is 12.1. The number of allylic oxidation sites excluding steroid dienone is 1. The van der Waals surface area contributed by atoms with Crippen LogP contribution in [0.15, 0.2) is 60.7 Å². The fourth-order valence-electron chi connectivity index (χ4n) is 2.85. The molecule has 1 aromatic heterocycles. The number of para-hydroxylation sites is 2.